The number of rotatable bonds is 5. The van der Waals surface area contributed by atoms with Crippen LogP contribution in [0.1, 0.15) is 42.4 Å². The first kappa shape index (κ1) is 15.6. The molecule has 1 aromatic carbocycles. The van der Waals surface area contributed by atoms with Crippen molar-refractivity contribution in [1.82, 2.24) is 15.1 Å². The molecule has 0 saturated heterocycles. The minimum atomic E-state index is 0.145. The molecule has 21 heavy (non-hydrogen) atoms. The van der Waals surface area contributed by atoms with E-state index in [0.29, 0.717) is 0 Å². The summed E-state index contributed by atoms with van der Waals surface area (Å²) in [5, 5.41) is 7.91. The normalized spacial score (nSPS) is 12.7. The monoisotopic (exact) mass is 287 g/mol. The third kappa shape index (κ3) is 3.27. The van der Waals surface area contributed by atoms with Crippen LogP contribution >= 0.6 is 0 Å². The van der Waals surface area contributed by atoms with Gasteiger partial charge in [-0.05, 0) is 52.4 Å². The van der Waals surface area contributed by atoms with E-state index in [1.807, 2.05) is 44.8 Å². The Morgan fingerprint density at radius 3 is 2.19 bits per heavy atom. The van der Waals surface area contributed by atoms with Crippen LogP contribution < -0.4 is 10.1 Å². The second-order valence-electron chi connectivity index (χ2n) is 5.67. The fraction of sp³-hybridized carbons (Fsp3) is 0.471. The second-order valence-corrected chi connectivity index (χ2v) is 5.67. The van der Waals surface area contributed by atoms with Crippen molar-refractivity contribution in [2.75, 3.05) is 7.05 Å². The van der Waals surface area contributed by atoms with E-state index in [2.05, 4.69) is 36.4 Å². The van der Waals surface area contributed by atoms with Crippen molar-refractivity contribution in [2.45, 2.75) is 39.8 Å². The van der Waals surface area contributed by atoms with Crippen molar-refractivity contribution < 1.29 is 4.74 Å². The van der Waals surface area contributed by atoms with Gasteiger partial charge in [0.25, 0.3) is 0 Å². The van der Waals surface area contributed by atoms with Crippen molar-refractivity contribution in [3.8, 4) is 5.75 Å². The van der Waals surface area contributed by atoms with Crippen LogP contribution in [0, 0.1) is 13.8 Å². The molecule has 0 aliphatic carbocycles. The minimum absolute atomic E-state index is 0.145. The Kier molecular flexibility index (Phi) is 4.68. The average molecular weight is 287 g/mol. The summed E-state index contributed by atoms with van der Waals surface area (Å²) in [5.41, 5.74) is 4.72. The molecule has 114 valence electrons. The SMILES string of the molecule is CNC(c1ccc(OC(C)C)cc1)c1c(C)nn(C)c1C. The molecule has 1 N–H and O–H groups in total. The molecule has 1 atom stereocenters. The Hall–Kier alpha value is -1.81. The molecule has 1 unspecified atom stereocenters. The first-order valence-electron chi connectivity index (χ1n) is 7.38. The van der Waals surface area contributed by atoms with E-state index < -0.39 is 0 Å². The molecular formula is C17H25N3O. The van der Waals surface area contributed by atoms with Gasteiger partial charge in [0.1, 0.15) is 5.75 Å². The molecule has 0 spiro atoms. The van der Waals surface area contributed by atoms with Gasteiger partial charge in [-0.25, -0.2) is 0 Å². The van der Waals surface area contributed by atoms with E-state index in [1.165, 1.54) is 16.8 Å². The van der Waals surface area contributed by atoms with Crippen LogP contribution in [0.25, 0.3) is 0 Å². The highest BCUT2D eigenvalue weighted by molar-refractivity contribution is 5.39. The van der Waals surface area contributed by atoms with Gasteiger partial charge in [0.05, 0.1) is 17.8 Å². The largest absolute Gasteiger partial charge is 0.491 e. The van der Waals surface area contributed by atoms with Gasteiger partial charge in [-0.2, -0.15) is 5.10 Å². The van der Waals surface area contributed by atoms with E-state index >= 15 is 0 Å². The molecular weight excluding hydrogens is 262 g/mol. The summed E-state index contributed by atoms with van der Waals surface area (Å²) in [4.78, 5) is 0. The Morgan fingerprint density at radius 2 is 1.76 bits per heavy atom. The van der Waals surface area contributed by atoms with Crippen LogP contribution in [0.5, 0.6) is 5.75 Å². The van der Waals surface area contributed by atoms with Gasteiger partial charge in [-0.3, -0.25) is 4.68 Å². The van der Waals surface area contributed by atoms with Crippen LogP contribution in [-0.4, -0.2) is 22.9 Å². The lowest BCUT2D eigenvalue weighted by molar-refractivity contribution is 0.242. The molecule has 1 heterocycles. The number of nitrogens with zero attached hydrogens (tertiary/aromatic N) is 2. The van der Waals surface area contributed by atoms with Gasteiger partial charge in [0.2, 0.25) is 0 Å². The van der Waals surface area contributed by atoms with E-state index in [4.69, 9.17) is 4.74 Å². The van der Waals surface area contributed by atoms with Gasteiger partial charge >= 0.3 is 0 Å². The maximum atomic E-state index is 5.70. The molecule has 2 aromatic rings. The van der Waals surface area contributed by atoms with E-state index in [1.54, 1.807) is 0 Å². The number of aryl methyl sites for hydroxylation is 2. The van der Waals surface area contributed by atoms with E-state index in [-0.39, 0.29) is 12.1 Å². The molecule has 4 heteroatoms. The molecule has 0 aliphatic heterocycles. The number of ether oxygens (including phenoxy) is 1. The fourth-order valence-electron chi connectivity index (χ4n) is 2.70. The predicted molar refractivity (Wildman–Crippen MR) is 85.8 cm³/mol. The topological polar surface area (TPSA) is 39.1 Å². The molecule has 4 nitrogen and oxygen atoms in total. The van der Waals surface area contributed by atoms with Gasteiger partial charge in [-0.15, -0.1) is 0 Å². The summed E-state index contributed by atoms with van der Waals surface area (Å²) in [6, 6.07) is 8.43. The van der Waals surface area contributed by atoms with Gasteiger partial charge in [0.15, 0.2) is 0 Å². The summed E-state index contributed by atoms with van der Waals surface area (Å²) in [5.74, 6) is 0.906. The lowest BCUT2D eigenvalue weighted by Crippen LogP contribution is -2.19. The number of nitrogens with one attached hydrogen (secondary N) is 1. The summed E-state index contributed by atoms with van der Waals surface area (Å²) < 4.78 is 7.64. The van der Waals surface area contributed by atoms with Crippen LogP contribution in [0.4, 0.5) is 0 Å². The first-order valence-corrected chi connectivity index (χ1v) is 7.38. The van der Waals surface area contributed by atoms with Gasteiger partial charge < -0.3 is 10.1 Å². The second kappa shape index (κ2) is 6.31. The maximum Gasteiger partial charge on any atom is 0.119 e. The van der Waals surface area contributed by atoms with E-state index in [9.17, 15) is 0 Å². The Bertz CT molecular complexity index is 599. The Labute approximate surface area is 127 Å². The van der Waals surface area contributed by atoms with Crippen LogP contribution in [0.2, 0.25) is 0 Å². The number of hydrogen-bond acceptors (Lipinski definition) is 3. The third-order valence-corrected chi connectivity index (χ3v) is 3.73. The zero-order valence-electron chi connectivity index (χ0n) is 13.8. The molecule has 2 rings (SSSR count). The lowest BCUT2D eigenvalue weighted by atomic mass is 9.97. The summed E-state index contributed by atoms with van der Waals surface area (Å²) in [6.45, 7) is 8.23. The Balaban J connectivity index is 2.33. The minimum Gasteiger partial charge on any atom is -0.491 e. The molecule has 0 aliphatic rings. The smallest absolute Gasteiger partial charge is 0.119 e. The van der Waals surface area contributed by atoms with Crippen LogP contribution in [0.3, 0.4) is 0 Å². The van der Waals surface area contributed by atoms with Crippen molar-refractivity contribution in [2.24, 2.45) is 7.05 Å². The quantitative estimate of drug-likeness (QED) is 0.918. The lowest BCUT2D eigenvalue weighted by Gasteiger charge is -2.18. The molecule has 0 saturated carbocycles. The van der Waals surface area contributed by atoms with E-state index in [0.717, 1.165) is 11.4 Å². The summed E-state index contributed by atoms with van der Waals surface area (Å²) in [6.07, 6.45) is 0.193. The molecule has 0 fully saturated rings. The molecule has 0 amide bonds. The highest BCUT2D eigenvalue weighted by atomic mass is 16.5. The zero-order valence-corrected chi connectivity index (χ0v) is 13.8. The highest BCUT2D eigenvalue weighted by Crippen LogP contribution is 2.28. The van der Waals surface area contributed by atoms with Crippen molar-refractivity contribution in [1.29, 1.82) is 0 Å². The number of aromatic nitrogens is 2. The fourth-order valence-corrected chi connectivity index (χ4v) is 2.70. The standard InChI is InChI=1S/C17H25N3O/c1-11(2)21-15-9-7-14(8-10-15)17(18-5)16-12(3)19-20(6)13(16)4/h7-11,17-18H,1-6H3. The first-order chi connectivity index (χ1) is 9.93. The third-order valence-electron chi connectivity index (χ3n) is 3.73. The predicted octanol–water partition coefficient (Wildman–Crippen LogP) is 3.13. The summed E-state index contributed by atoms with van der Waals surface area (Å²) in [7, 11) is 3.97. The zero-order chi connectivity index (χ0) is 15.6. The average Bonchev–Trinajstić information content (AvgIpc) is 2.67. The Morgan fingerprint density at radius 1 is 1.14 bits per heavy atom. The number of hydrogen-bond donors (Lipinski definition) is 1. The molecule has 0 bridgehead atoms. The van der Waals surface area contributed by atoms with Gasteiger partial charge in [-0.1, -0.05) is 12.1 Å². The van der Waals surface area contributed by atoms with Crippen molar-refractivity contribution >= 4 is 0 Å². The summed E-state index contributed by atoms with van der Waals surface area (Å²) >= 11 is 0. The van der Waals surface area contributed by atoms with Crippen LogP contribution in [-0.2, 0) is 7.05 Å². The van der Waals surface area contributed by atoms with Crippen molar-refractivity contribution in [3.05, 3.63) is 46.8 Å². The van der Waals surface area contributed by atoms with Crippen LogP contribution in [0.15, 0.2) is 24.3 Å². The van der Waals surface area contributed by atoms with Crippen molar-refractivity contribution in [3.63, 3.8) is 0 Å². The highest BCUT2D eigenvalue weighted by Gasteiger charge is 2.20. The molecule has 0 radical (unpaired) electrons. The number of benzene rings is 1. The molecule has 1 aromatic heterocycles. The maximum absolute atomic E-state index is 5.70. The van der Waals surface area contributed by atoms with Gasteiger partial charge in [0, 0.05) is 18.3 Å².